The molecule has 1 atom stereocenters. The van der Waals surface area contributed by atoms with Gasteiger partial charge in [-0.1, -0.05) is 19.3 Å². The van der Waals surface area contributed by atoms with Gasteiger partial charge in [0.1, 0.15) is 0 Å². The summed E-state index contributed by atoms with van der Waals surface area (Å²) in [5, 5.41) is 13.0. The maximum absolute atomic E-state index is 9.24. The van der Waals surface area contributed by atoms with E-state index in [4.69, 9.17) is 0 Å². The van der Waals surface area contributed by atoms with Crippen molar-refractivity contribution < 1.29 is 5.11 Å². The minimum absolute atomic E-state index is 0.361. The van der Waals surface area contributed by atoms with E-state index in [-0.39, 0.29) is 0 Å². The molecule has 1 unspecified atom stereocenters. The largest absolute Gasteiger partial charge is 0.396 e. The van der Waals surface area contributed by atoms with E-state index in [1.807, 2.05) is 0 Å². The van der Waals surface area contributed by atoms with E-state index in [1.165, 1.54) is 44.9 Å². The highest BCUT2D eigenvalue weighted by Crippen LogP contribution is 2.39. The van der Waals surface area contributed by atoms with Crippen molar-refractivity contribution in [1.29, 1.82) is 0 Å². The van der Waals surface area contributed by atoms with Gasteiger partial charge in [-0.15, -0.1) is 0 Å². The Morgan fingerprint density at radius 1 is 1.25 bits per heavy atom. The molecule has 0 aromatic carbocycles. The van der Waals surface area contributed by atoms with Crippen LogP contribution in [0, 0.1) is 11.3 Å². The van der Waals surface area contributed by atoms with Crippen LogP contribution in [0.3, 0.4) is 0 Å². The van der Waals surface area contributed by atoms with Crippen molar-refractivity contribution in [3.8, 4) is 0 Å². The predicted molar refractivity (Wildman–Crippen MR) is 67.4 cm³/mol. The molecule has 0 aromatic rings. The summed E-state index contributed by atoms with van der Waals surface area (Å²) in [5.74, 6) is 0.940. The molecule has 2 rings (SSSR count). The van der Waals surface area contributed by atoms with Crippen molar-refractivity contribution >= 4 is 0 Å². The van der Waals surface area contributed by atoms with Gasteiger partial charge in [-0.3, -0.25) is 0 Å². The first-order valence-electron chi connectivity index (χ1n) is 7.10. The Bertz CT molecular complexity index is 201. The van der Waals surface area contributed by atoms with E-state index >= 15 is 0 Å². The van der Waals surface area contributed by atoms with Crippen LogP contribution in [0.2, 0.25) is 0 Å². The Hall–Kier alpha value is -0.0800. The summed E-state index contributed by atoms with van der Waals surface area (Å²) in [4.78, 5) is 0. The number of hydrogen-bond acceptors (Lipinski definition) is 2. The SMILES string of the molecule is CC(NCC1(CCO)CCCCC1)C1CC1. The molecule has 2 nitrogen and oxygen atoms in total. The molecule has 94 valence electrons. The van der Waals surface area contributed by atoms with E-state index in [9.17, 15) is 5.11 Å². The third-order valence-electron chi connectivity index (χ3n) is 4.68. The van der Waals surface area contributed by atoms with E-state index in [0.29, 0.717) is 18.1 Å². The molecule has 0 saturated heterocycles. The fourth-order valence-corrected chi connectivity index (χ4v) is 3.19. The molecule has 0 radical (unpaired) electrons. The maximum Gasteiger partial charge on any atom is 0.0436 e. The van der Waals surface area contributed by atoms with Crippen LogP contribution in [0.5, 0.6) is 0 Å². The second-order valence-electron chi connectivity index (χ2n) is 6.04. The van der Waals surface area contributed by atoms with Crippen molar-refractivity contribution in [2.24, 2.45) is 11.3 Å². The van der Waals surface area contributed by atoms with Crippen LogP contribution < -0.4 is 5.32 Å². The number of aliphatic hydroxyl groups is 1. The fourth-order valence-electron chi connectivity index (χ4n) is 3.19. The van der Waals surface area contributed by atoms with Crippen molar-refractivity contribution in [2.45, 2.75) is 64.3 Å². The summed E-state index contributed by atoms with van der Waals surface area (Å²) < 4.78 is 0. The van der Waals surface area contributed by atoms with Crippen molar-refractivity contribution in [3.63, 3.8) is 0 Å². The smallest absolute Gasteiger partial charge is 0.0436 e. The Kier molecular flexibility index (Phi) is 4.26. The lowest BCUT2D eigenvalue weighted by Crippen LogP contribution is -2.41. The fraction of sp³-hybridized carbons (Fsp3) is 1.00. The van der Waals surface area contributed by atoms with Gasteiger partial charge in [-0.2, -0.15) is 0 Å². The van der Waals surface area contributed by atoms with Crippen molar-refractivity contribution in [2.75, 3.05) is 13.2 Å². The van der Waals surface area contributed by atoms with Crippen LogP contribution in [0.1, 0.15) is 58.3 Å². The number of hydrogen-bond donors (Lipinski definition) is 2. The molecule has 2 N–H and O–H groups in total. The Morgan fingerprint density at radius 3 is 2.50 bits per heavy atom. The second-order valence-corrected chi connectivity index (χ2v) is 6.04. The van der Waals surface area contributed by atoms with Crippen LogP contribution in [-0.2, 0) is 0 Å². The molecule has 2 aliphatic rings. The molecule has 0 spiro atoms. The minimum Gasteiger partial charge on any atom is -0.396 e. The summed E-state index contributed by atoms with van der Waals surface area (Å²) in [6, 6.07) is 0.692. The first-order chi connectivity index (χ1) is 7.76. The maximum atomic E-state index is 9.24. The van der Waals surface area contributed by atoms with Gasteiger partial charge in [0.15, 0.2) is 0 Å². The quantitative estimate of drug-likeness (QED) is 0.728. The van der Waals surface area contributed by atoms with Crippen LogP contribution in [0.4, 0.5) is 0 Å². The number of rotatable bonds is 6. The van der Waals surface area contributed by atoms with Gasteiger partial charge in [0, 0.05) is 19.2 Å². The number of nitrogens with one attached hydrogen (secondary N) is 1. The first-order valence-corrected chi connectivity index (χ1v) is 7.10. The van der Waals surface area contributed by atoms with Gasteiger partial charge in [0.25, 0.3) is 0 Å². The molecule has 2 heteroatoms. The molecule has 2 fully saturated rings. The van der Waals surface area contributed by atoms with Gasteiger partial charge in [-0.05, 0) is 50.4 Å². The molecule has 2 aliphatic carbocycles. The van der Waals surface area contributed by atoms with Gasteiger partial charge >= 0.3 is 0 Å². The highest BCUT2D eigenvalue weighted by molar-refractivity contribution is 4.89. The van der Waals surface area contributed by atoms with E-state index in [2.05, 4.69) is 12.2 Å². The van der Waals surface area contributed by atoms with E-state index < -0.39 is 0 Å². The zero-order valence-electron chi connectivity index (χ0n) is 10.7. The molecule has 0 bridgehead atoms. The second kappa shape index (κ2) is 5.50. The average Bonchev–Trinajstić information content (AvgIpc) is 3.12. The van der Waals surface area contributed by atoms with Crippen LogP contribution in [-0.4, -0.2) is 24.3 Å². The average molecular weight is 225 g/mol. The molecular formula is C14H27NO. The van der Waals surface area contributed by atoms with E-state index in [0.717, 1.165) is 18.9 Å². The highest BCUT2D eigenvalue weighted by atomic mass is 16.3. The zero-order chi connectivity index (χ0) is 11.4. The van der Waals surface area contributed by atoms with Crippen LogP contribution in [0.15, 0.2) is 0 Å². The first kappa shape index (κ1) is 12.4. The Labute approximate surface area is 99.8 Å². The molecule has 16 heavy (non-hydrogen) atoms. The molecule has 0 aliphatic heterocycles. The van der Waals surface area contributed by atoms with Crippen molar-refractivity contribution in [3.05, 3.63) is 0 Å². The zero-order valence-corrected chi connectivity index (χ0v) is 10.7. The Balaban J connectivity index is 1.80. The summed E-state index contributed by atoms with van der Waals surface area (Å²) >= 11 is 0. The summed E-state index contributed by atoms with van der Waals surface area (Å²) in [5.41, 5.74) is 0.413. The van der Waals surface area contributed by atoms with Gasteiger partial charge in [0.2, 0.25) is 0 Å². The van der Waals surface area contributed by atoms with Crippen LogP contribution >= 0.6 is 0 Å². The third-order valence-corrected chi connectivity index (χ3v) is 4.68. The van der Waals surface area contributed by atoms with Crippen molar-refractivity contribution in [1.82, 2.24) is 5.32 Å². The summed E-state index contributed by atoms with van der Waals surface area (Å²) in [6.45, 7) is 3.82. The van der Waals surface area contributed by atoms with Crippen LogP contribution in [0.25, 0.3) is 0 Å². The number of aliphatic hydroxyl groups excluding tert-OH is 1. The topological polar surface area (TPSA) is 32.3 Å². The molecule has 0 amide bonds. The normalized spacial score (nSPS) is 26.6. The lowest BCUT2D eigenvalue weighted by Gasteiger charge is -2.38. The van der Waals surface area contributed by atoms with Gasteiger partial charge in [-0.25, -0.2) is 0 Å². The molecule has 2 saturated carbocycles. The van der Waals surface area contributed by atoms with E-state index in [1.54, 1.807) is 0 Å². The summed E-state index contributed by atoms with van der Waals surface area (Å²) in [6.07, 6.45) is 10.6. The lowest BCUT2D eigenvalue weighted by molar-refractivity contribution is 0.122. The van der Waals surface area contributed by atoms with Gasteiger partial charge in [0.05, 0.1) is 0 Å². The minimum atomic E-state index is 0.361. The molecule has 0 heterocycles. The third kappa shape index (κ3) is 3.21. The molecule has 0 aromatic heterocycles. The Morgan fingerprint density at radius 2 is 1.94 bits per heavy atom. The van der Waals surface area contributed by atoms with Gasteiger partial charge < -0.3 is 10.4 Å². The monoisotopic (exact) mass is 225 g/mol. The molecular weight excluding hydrogens is 198 g/mol. The highest BCUT2D eigenvalue weighted by Gasteiger charge is 2.34. The standard InChI is InChI=1S/C14H27NO/c1-12(13-5-6-13)15-11-14(9-10-16)7-3-2-4-8-14/h12-13,15-16H,2-11H2,1H3. The predicted octanol–water partition coefficient (Wildman–Crippen LogP) is 2.71. The summed E-state index contributed by atoms with van der Waals surface area (Å²) in [7, 11) is 0. The lowest BCUT2D eigenvalue weighted by atomic mass is 9.72.